The number of rotatable bonds is 8. The van der Waals surface area contributed by atoms with Crippen LogP contribution < -0.4 is 0 Å². The zero-order valence-electron chi connectivity index (χ0n) is 17.2. The number of aromatic nitrogens is 4. The predicted molar refractivity (Wildman–Crippen MR) is 106 cm³/mol. The third-order valence-electron chi connectivity index (χ3n) is 5.27. The Balaban J connectivity index is 1.64. The summed E-state index contributed by atoms with van der Waals surface area (Å²) in [7, 11) is 0. The molecule has 1 saturated carbocycles. The van der Waals surface area contributed by atoms with Gasteiger partial charge in [0.2, 0.25) is 11.7 Å². The van der Waals surface area contributed by atoms with E-state index >= 15 is 0 Å². The molecule has 7 nitrogen and oxygen atoms in total. The highest BCUT2D eigenvalue weighted by molar-refractivity contribution is 5.70. The second-order valence-corrected chi connectivity index (χ2v) is 8.87. The molecule has 2 heterocycles. The SMILES string of the molecule is CC(C)(C)OC(=O)C[C@@H](CCCC1CCCCC1)c1nc(-c2cn[nH]c2)no1. The Morgan fingerprint density at radius 1 is 1.32 bits per heavy atom. The highest BCUT2D eigenvalue weighted by atomic mass is 16.6. The van der Waals surface area contributed by atoms with Crippen molar-refractivity contribution in [1.82, 2.24) is 20.3 Å². The molecule has 0 aliphatic heterocycles. The van der Waals surface area contributed by atoms with E-state index in [2.05, 4.69) is 20.3 Å². The smallest absolute Gasteiger partial charge is 0.307 e. The third-order valence-corrected chi connectivity index (χ3v) is 5.27. The molecule has 0 unspecified atom stereocenters. The topological polar surface area (TPSA) is 93.9 Å². The van der Waals surface area contributed by atoms with Crippen molar-refractivity contribution in [1.29, 1.82) is 0 Å². The minimum absolute atomic E-state index is 0.119. The van der Waals surface area contributed by atoms with Crippen LogP contribution in [0.5, 0.6) is 0 Å². The van der Waals surface area contributed by atoms with Crippen LogP contribution in [0.2, 0.25) is 0 Å². The molecule has 0 radical (unpaired) electrons. The number of hydrogen-bond donors (Lipinski definition) is 1. The predicted octanol–water partition coefficient (Wildman–Crippen LogP) is 5.03. The molecule has 7 heteroatoms. The van der Waals surface area contributed by atoms with E-state index < -0.39 is 5.60 Å². The van der Waals surface area contributed by atoms with Crippen molar-refractivity contribution >= 4 is 5.97 Å². The summed E-state index contributed by atoms with van der Waals surface area (Å²) in [6, 6.07) is 0. The molecule has 0 spiro atoms. The Hall–Kier alpha value is -2.18. The van der Waals surface area contributed by atoms with Crippen molar-refractivity contribution in [2.45, 2.75) is 90.1 Å². The van der Waals surface area contributed by atoms with E-state index in [4.69, 9.17) is 9.26 Å². The third kappa shape index (κ3) is 6.17. The van der Waals surface area contributed by atoms with Crippen LogP contribution in [0.3, 0.4) is 0 Å². The first-order chi connectivity index (χ1) is 13.4. The molecular formula is C21H32N4O3. The van der Waals surface area contributed by atoms with Gasteiger partial charge in [0, 0.05) is 12.1 Å². The van der Waals surface area contributed by atoms with Gasteiger partial charge in [-0.1, -0.05) is 50.1 Å². The van der Waals surface area contributed by atoms with Crippen LogP contribution in [0.25, 0.3) is 11.4 Å². The van der Waals surface area contributed by atoms with E-state index in [9.17, 15) is 4.79 Å². The monoisotopic (exact) mass is 388 g/mol. The lowest BCUT2D eigenvalue weighted by Gasteiger charge is -2.23. The van der Waals surface area contributed by atoms with Crippen molar-refractivity contribution in [3.05, 3.63) is 18.3 Å². The molecule has 1 atom stereocenters. The number of nitrogens with zero attached hydrogens (tertiary/aromatic N) is 3. The van der Waals surface area contributed by atoms with E-state index in [0.717, 1.165) is 24.3 Å². The zero-order valence-corrected chi connectivity index (χ0v) is 17.2. The Morgan fingerprint density at radius 2 is 2.11 bits per heavy atom. The zero-order chi connectivity index (χ0) is 20.0. The molecule has 2 aromatic heterocycles. The molecule has 28 heavy (non-hydrogen) atoms. The first-order valence-electron chi connectivity index (χ1n) is 10.5. The highest BCUT2D eigenvalue weighted by Gasteiger charge is 2.26. The fraction of sp³-hybridized carbons (Fsp3) is 0.714. The van der Waals surface area contributed by atoms with Crippen molar-refractivity contribution in [3.8, 4) is 11.4 Å². The number of hydrogen-bond acceptors (Lipinski definition) is 6. The van der Waals surface area contributed by atoms with Crippen LogP contribution in [0.4, 0.5) is 0 Å². The van der Waals surface area contributed by atoms with Crippen LogP contribution in [-0.2, 0) is 9.53 Å². The van der Waals surface area contributed by atoms with E-state index in [1.165, 1.54) is 38.5 Å². The van der Waals surface area contributed by atoms with Gasteiger partial charge >= 0.3 is 5.97 Å². The van der Waals surface area contributed by atoms with Gasteiger partial charge in [-0.2, -0.15) is 10.1 Å². The van der Waals surface area contributed by atoms with Gasteiger partial charge in [-0.25, -0.2) is 0 Å². The quantitative estimate of drug-likeness (QED) is 0.638. The molecule has 1 aliphatic carbocycles. The molecule has 0 saturated heterocycles. The number of nitrogens with one attached hydrogen (secondary N) is 1. The van der Waals surface area contributed by atoms with Crippen LogP contribution in [0.1, 0.15) is 90.4 Å². The summed E-state index contributed by atoms with van der Waals surface area (Å²) < 4.78 is 11.0. The van der Waals surface area contributed by atoms with Gasteiger partial charge in [0.1, 0.15) is 5.60 Å². The number of carbonyl (C=O) groups is 1. The summed E-state index contributed by atoms with van der Waals surface area (Å²) >= 11 is 0. The summed E-state index contributed by atoms with van der Waals surface area (Å²) in [5, 5.41) is 10.7. The lowest BCUT2D eigenvalue weighted by molar-refractivity contribution is -0.155. The Labute approximate surface area is 166 Å². The second kappa shape index (κ2) is 9.34. The molecule has 0 aromatic carbocycles. The van der Waals surface area contributed by atoms with E-state index in [0.29, 0.717) is 11.7 Å². The molecule has 2 aromatic rings. The lowest BCUT2D eigenvalue weighted by Crippen LogP contribution is -2.25. The van der Waals surface area contributed by atoms with E-state index in [-0.39, 0.29) is 18.3 Å². The number of esters is 1. The number of H-pyrrole nitrogens is 1. The summed E-state index contributed by atoms with van der Waals surface area (Å²) in [5.74, 6) is 1.47. The maximum Gasteiger partial charge on any atom is 0.307 e. The fourth-order valence-electron chi connectivity index (χ4n) is 3.92. The molecular weight excluding hydrogens is 356 g/mol. The molecule has 1 aliphatic rings. The van der Waals surface area contributed by atoms with Gasteiger partial charge in [0.15, 0.2) is 0 Å². The van der Waals surface area contributed by atoms with Gasteiger partial charge in [-0.3, -0.25) is 9.89 Å². The number of ether oxygens (including phenoxy) is 1. The van der Waals surface area contributed by atoms with Crippen LogP contribution in [0.15, 0.2) is 16.9 Å². The van der Waals surface area contributed by atoms with Gasteiger partial charge in [0.05, 0.1) is 18.2 Å². The van der Waals surface area contributed by atoms with Crippen LogP contribution in [0, 0.1) is 5.92 Å². The highest BCUT2D eigenvalue weighted by Crippen LogP contribution is 2.32. The van der Waals surface area contributed by atoms with E-state index in [1.54, 1.807) is 12.4 Å². The summed E-state index contributed by atoms with van der Waals surface area (Å²) in [4.78, 5) is 16.9. The molecule has 0 bridgehead atoms. The Morgan fingerprint density at radius 3 is 2.79 bits per heavy atom. The summed E-state index contributed by atoms with van der Waals surface area (Å²) in [6.07, 6.45) is 13.5. The Bertz CT molecular complexity index is 727. The van der Waals surface area contributed by atoms with Gasteiger partial charge in [0.25, 0.3) is 0 Å². The van der Waals surface area contributed by atoms with Crippen molar-refractivity contribution in [2.75, 3.05) is 0 Å². The average molecular weight is 389 g/mol. The minimum atomic E-state index is -0.499. The summed E-state index contributed by atoms with van der Waals surface area (Å²) in [5.41, 5.74) is 0.272. The maximum atomic E-state index is 12.4. The number of carbonyl (C=O) groups excluding carboxylic acids is 1. The normalized spacial score (nSPS) is 16.8. The Kier molecular flexibility index (Phi) is 6.86. The standard InChI is InChI=1S/C21H32N4O3/c1-21(2,3)27-18(26)12-16(11-7-10-15-8-5-4-6-9-15)20-24-19(25-28-20)17-13-22-23-14-17/h13-16H,4-12H2,1-3H3,(H,22,23)/t16-/m1/s1. The molecule has 1 N–H and O–H groups in total. The van der Waals surface area contributed by atoms with Crippen LogP contribution >= 0.6 is 0 Å². The first-order valence-corrected chi connectivity index (χ1v) is 10.5. The van der Waals surface area contributed by atoms with E-state index in [1.807, 2.05) is 20.8 Å². The van der Waals surface area contributed by atoms with Gasteiger partial charge < -0.3 is 9.26 Å². The molecule has 154 valence electrons. The fourth-order valence-corrected chi connectivity index (χ4v) is 3.92. The van der Waals surface area contributed by atoms with Crippen molar-refractivity contribution in [3.63, 3.8) is 0 Å². The maximum absolute atomic E-state index is 12.4. The lowest BCUT2D eigenvalue weighted by atomic mass is 9.84. The molecule has 3 rings (SSSR count). The first kappa shape index (κ1) is 20.6. The number of aromatic amines is 1. The average Bonchev–Trinajstić information content (AvgIpc) is 3.32. The second-order valence-electron chi connectivity index (χ2n) is 8.87. The minimum Gasteiger partial charge on any atom is -0.460 e. The summed E-state index contributed by atoms with van der Waals surface area (Å²) in [6.45, 7) is 5.64. The molecule has 1 fully saturated rings. The van der Waals surface area contributed by atoms with Gasteiger partial charge in [-0.05, 0) is 33.1 Å². The molecule has 0 amide bonds. The largest absolute Gasteiger partial charge is 0.460 e. The van der Waals surface area contributed by atoms with Crippen molar-refractivity contribution in [2.24, 2.45) is 5.92 Å². The van der Waals surface area contributed by atoms with Gasteiger partial charge in [-0.15, -0.1) is 0 Å². The van der Waals surface area contributed by atoms with Crippen molar-refractivity contribution < 1.29 is 14.1 Å². The van der Waals surface area contributed by atoms with Crippen LogP contribution in [-0.4, -0.2) is 31.9 Å².